The molecule has 7 nitrogen and oxygen atoms in total. The van der Waals surface area contributed by atoms with Crippen LogP contribution >= 0.6 is 0 Å². The highest BCUT2D eigenvalue weighted by Crippen LogP contribution is 2.32. The summed E-state index contributed by atoms with van der Waals surface area (Å²) in [6, 6.07) is 12.0. The Hall–Kier alpha value is -3.09. The normalized spacial score (nSPS) is 13.1. The van der Waals surface area contributed by atoms with Crippen molar-refractivity contribution in [1.29, 1.82) is 0 Å². The van der Waals surface area contributed by atoms with Gasteiger partial charge in [0.15, 0.2) is 11.5 Å². The van der Waals surface area contributed by atoms with Gasteiger partial charge in [0.1, 0.15) is 12.4 Å². The van der Waals surface area contributed by atoms with Crippen LogP contribution in [0, 0.1) is 10.1 Å². The second-order valence-corrected chi connectivity index (χ2v) is 5.21. The van der Waals surface area contributed by atoms with Gasteiger partial charge in [-0.25, -0.2) is 0 Å². The van der Waals surface area contributed by atoms with Gasteiger partial charge in [0.25, 0.3) is 5.69 Å². The number of para-hydroxylation sites is 1. The average molecular weight is 327 g/mol. The molecule has 1 aliphatic heterocycles. The molecule has 0 atom stereocenters. The molecular formula is C17H17N3O4. The first-order valence-corrected chi connectivity index (χ1v) is 7.51. The van der Waals surface area contributed by atoms with Crippen molar-refractivity contribution >= 4 is 11.5 Å². The molecule has 0 aliphatic carbocycles. The molecule has 0 aromatic heterocycles. The van der Waals surface area contributed by atoms with Gasteiger partial charge in [-0.15, -0.1) is 0 Å². The Kier molecular flexibility index (Phi) is 4.60. The number of rotatable bonds is 6. The second kappa shape index (κ2) is 6.99. The van der Waals surface area contributed by atoms with Crippen LogP contribution in [0.2, 0.25) is 0 Å². The summed E-state index contributed by atoms with van der Waals surface area (Å²) in [4.78, 5) is 14.9. The van der Waals surface area contributed by atoms with Gasteiger partial charge in [0, 0.05) is 18.7 Å². The zero-order chi connectivity index (χ0) is 16.9. The van der Waals surface area contributed by atoms with E-state index in [2.05, 4.69) is 10.3 Å². The molecule has 2 aromatic carbocycles. The van der Waals surface area contributed by atoms with Crippen molar-refractivity contribution in [3.05, 3.63) is 63.7 Å². The molecule has 0 amide bonds. The smallest absolute Gasteiger partial charge is 0.269 e. The van der Waals surface area contributed by atoms with Crippen LogP contribution in [-0.4, -0.2) is 31.0 Å². The van der Waals surface area contributed by atoms with Gasteiger partial charge in [-0.05, 0) is 17.7 Å². The number of hydrogen-bond acceptors (Lipinski definition) is 6. The Labute approximate surface area is 139 Å². The highest BCUT2D eigenvalue weighted by Gasteiger charge is 2.18. The molecule has 7 heteroatoms. The first-order chi connectivity index (χ1) is 11.7. The SMILES string of the molecule is COc1cccc(C2=NCCN2)c1OCc1cccc([N+](=O)[O-])c1. The predicted octanol–water partition coefficient (Wildman–Crippen LogP) is 2.53. The third-order valence-corrected chi connectivity index (χ3v) is 3.63. The first kappa shape index (κ1) is 15.8. The molecule has 0 saturated carbocycles. The molecule has 2 aromatic rings. The molecule has 1 N–H and O–H groups in total. The molecule has 0 unspecified atom stereocenters. The highest BCUT2D eigenvalue weighted by molar-refractivity contribution is 6.02. The van der Waals surface area contributed by atoms with Gasteiger partial charge in [-0.3, -0.25) is 15.1 Å². The molecule has 0 saturated heterocycles. The number of benzene rings is 2. The Bertz CT molecular complexity index is 789. The van der Waals surface area contributed by atoms with E-state index in [1.807, 2.05) is 18.2 Å². The lowest BCUT2D eigenvalue weighted by Crippen LogP contribution is -2.20. The molecule has 0 bridgehead atoms. The monoisotopic (exact) mass is 327 g/mol. The number of ether oxygens (including phenoxy) is 2. The van der Waals surface area contributed by atoms with E-state index in [4.69, 9.17) is 9.47 Å². The van der Waals surface area contributed by atoms with Crippen LogP contribution in [0.15, 0.2) is 47.5 Å². The quantitative estimate of drug-likeness (QED) is 0.651. The maximum absolute atomic E-state index is 10.9. The van der Waals surface area contributed by atoms with E-state index >= 15 is 0 Å². The van der Waals surface area contributed by atoms with Crippen LogP contribution in [0.5, 0.6) is 11.5 Å². The fourth-order valence-corrected chi connectivity index (χ4v) is 2.51. The maximum atomic E-state index is 10.9. The summed E-state index contributed by atoms with van der Waals surface area (Å²) < 4.78 is 11.3. The summed E-state index contributed by atoms with van der Waals surface area (Å²) in [6.07, 6.45) is 0. The number of nitrogens with one attached hydrogen (secondary N) is 1. The van der Waals surface area contributed by atoms with E-state index in [1.54, 1.807) is 19.2 Å². The Morgan fingerprint density at radius 1 is 1.29 bits per heavy atom. The van der Waals surface area contributed by atoms with Crippen molar-refractivity contribution < 1.29 is 14.4 Å². The highest BCUT2D eigenvalue weighted by atomic mass is 16.6. The summed E-state index contributed by atoms with van der Waals surface area (Å²) in [7, 11) is 1.57. The third-order valence-electron chi connectivity index (χ3n) is 3.63. The van der Waals surface area contributed by atoms with Crippen molar-refractivity contribution in [1.82, 2.24) is 5.32 Å². The Morgan fingerprint density at radius 2 is 2.12 bits per heavy atom. The number of aliphatic imine (C=N–C) groups is 1. The van der Waals surface area contributed by atoms with Crippen LogP contribution in [0.25, 0.3) is 0 Å². The molecule has 1 heterocycles. The van der Waals surface area contributed by atoms with E-state index in [0.29, 0.717) is 17.1 Å². The van der Waals surface area contributed by atoms with Crippen molar-refractivity contribution in [3.63, 3.8) is 0 Å². The van der Waals surface area contributed by atoms with Gasteiger partial charge >= 0.3 is 0 Å². The Morgan fingerprint density at radius 3 is 2.83 bits per heavy atom. The molecule has 0 spiro atoms. The lowest BCUT2D eigenvalue weighted by atomic mass is 10.1. The van der Waals surface area contributed by atoms with Crippen LogP contribution in [0.4, 0.5) is 5.69 Å². The summed E-state index contributed by atoms with van der Waals surface area (Å²) in [6.45, 7) is 1.70. The van der Waals surface area contributed by atoms with Crippen LogP contribution in [0.1, 0.15) is 11.1 Å². The van der Waals surface area contributed by atoms with Gasteiger partial charge in [-0.2, -0.15) is 0 Å². The number of non-ortho nitro benzene ring substituents is 1. The van der Waals surface area contributed by atoms with E-state index in [1.165, 1.54) is 12.1 Å². The van der Waals surface area contributed by atoms with E-state index in [0.717, 1.165) is 24.5 Å². The predicted molar refractivity (Wildman–Crippen MR) is 89.8 cm³/mol. The van der Waals surface area contributed by atoms with Gasteiger partial charge in [0.2, 0.25) is 0 Å². The zero-order valence-corrected chi connectivity index (χ0v) is 13.2. The number of methoxy groups -OCH3 is 1. The average Bonchev–Trinajstić information content (AvgIpc) is 3.14. The lowest BCUT2D eigenvalue weighted by Gasteiger charge is -2.15. The minimum atomic E-state index is -0.421. The molecule has 3 rings (SSSR count). The van der Waals surface area contributed by atoms with Crippen LogP contribution in [-0.2, 0) is 6.61 Å². The maximum Gasteiger partial charge on any atom is 0.269 e. The fourth-order valence-electron chi connectivity index (χ4n) is 2.51. The number of hydrogen-bond donors (Lipinski definition) is 1. The summed E-state index contributed by atoms with van der Waals surface area (Å²) in [5, 5.41) is 14.1. The van der Waals surface area contributed by atoms with Crippen molar-refractivity contribution in [2.75, 3.05) is 20.2 Å². The summed E-state index contributed by atoms with van der Waals surface area (Å²) >= 11 is 0. The van der Waals surface area contributed by atoms with E-state index < -0.39 is 4.92 Å². The van der Waals surface area contributed by atoms with E-state index in [9.17, 15) is 10.1 Å². The molecular weight excluding hydrogens is 310 g/mol. The summed E-state index contributed by atoms with van der Waals surface area (Å²) in [5.41, 5.74) is 1.57. The van der Waals surface area contributed by atoms with Gasteiger partial charge in [-0.1, -0.05) is 18.2 Å². The number of amidine groups is 1. The molecule has 0 fully saturated rings. The standard InChI is InChI=1S/C17H17N3O4/c1-23-15-7-3-6-14(17-18-8-9-19-17)16(15)24-11-12-4-2-5-13(10-12)20(21)22/h2-7,10H,8-9,11H2,1H3,(H,18,19). The zero-order valence-electron chi connectivity index (χ0n) is 13.2. The molecule has 1 aliphatic rings. The topological polar surface area (TPSA) is 86.0 Å². The van der Waals surface area contributed by atoms with Gasteiger partial charge in [0.05, 0.1) is 24.1 Å². The largest absolute Gasteiger partial charge is 0.493 e. The number of nitrogens with zero attached hydrogens (tertiary/aromatic N) is 2. The molecule has 24 heavy (non-hydrogen) atoms. The summed E-state index contributed by atoms with van der Waals surface area (Å²) in [5.74, 6) is 1.93. The first-order valence-electron chi connectivity index (χ1n) is 7.51. The second-order valence-electron chi connectivity index (χ2n) is 5.21. The van der Waals surface area contributed by atoms with Crippen molar-refractivity contribution in [3.8, 4) is 11.5 Å². The minimum Gasteiger partial charge on any atom is -0.493 e. The lowest BCUT2D eigenvalue weighted by molar-refractivity contribution is -0.384. The van der Waals surface area contributed by atoms with Crippen molar-refractivity contribution in [2.24, 2.45) is 4.99 Å². The van der Waals surface area contributed by atoms with E-state index in [-0.39, 0.29) is 12.3 Å². The Balaban J connectivity index is 1.86. The number of nitro benzene ring substituents is 1. The van der Waals surface area contributed by atoms with Crippen LogP contribution in [0.3, 0.4) is 0 Å². The van der Waals surface area contributed by atoms with Crippen molar-refractivity contribution in [2.45, 2.75) is 6.61 Å². The fraction of sp³-hybridized carbons (Fsp3) is 0.235. The minimum absolute atomic E-state index is 0.0400. The third kappa shape index (κ3) is 3.29. The number of nitro groups is 1. The van der Waals surface area contributed by atoms with Gasteiger partial charge < -0.3 is 14.8 Å². The molecule has 124 valence electrons. The molecule has 0 radical (unpaired) electrons. The van der Waals surface area contributed by atoms with Crippen LogP contribution < -0.4 is 14.8 Å².